The van der Waals surface area contributed by atoms with Crippen molar-refractivity contribution >= 4 is 17.6 Å². The van der Waals surface area contributed by atoms with Crippen LogP contribution in [0.3, 0.4) is 0 Å². The van der Waals surface area contributed by atoms with E-state index in [0.717, 1.165) is 22.4 Å². The number of hydrogen-bond donors (Lipinski definition) is 1. The molecule has 0 spiro atoms. The summed E-state index contributed by atoms with van der Waals surface area (Å²) in [5, 5.41) is 9.42. The fourth-order valence-electron chi connectivity index (χ4n) is 2.57. The van der Waals surface area contributed by atoms with Gasteiger partial charge in [-0.05, 0) is 67.6 Å². The summed E-state index contributed by atoms with van der Waals surface area (Å²) in [5.41, 5.74) is 4.21. The molecule has 134 valence electrons. The smallest absolute Gasteiger partial charge is 0.303 e. The first-order valence-electron chi connectivity index (χ1n) is 8.21. The zero-order valence-electron chi connectivity index (χ0n) is 14.8. The molecule has 25 heavy (non-hydrogen) atoms. The van der Waals surface area contributed by atoms with Gasteiger partial charge in [0.2, 0.25) is 0 Å². The zero-order chi connectivity index (χ0) is 18.4. The number of halogens is 1. The maximum Gasteiger partial charge on any atom is 0.303 e. The summed E-state index contributed by atoms with van der Waals surface area (Å²) >= 11 is 6.00. The normalized spacial score (nSPS) is 10.6. The first-order chi connectivity index (χ1) is 11.9. The molecule has 5 heteroatoms. The minimum absolute atomic E-state index is 0.0366. The van der Waals surface area contributed by atoms with Crippen LogP contribution < -0.4 is 9.47 Å². The number of ether oxygens (including phenoxy) is 2. The van der Waals surface area contributed by atoms with Gasteiger partial charge in [-0.3, -0.25) is 4.79 Å². The minimum Gasteiger partial charge on any atom is -0.490 e. The minimum atomic E-state index is -0.848. The standard InChI is InChI=1S/C20H23ClO4/c1-13-4-5-14(2)20(15(13)3)25-11-10-24-18-8-7-17(21)12-16(18)6-9-19(22)23/h4-5,7-8,12H,6,9-11H2,1-3H3,(H,22,23). The average Bonchev–Trinajstić information content (AvgIpc) is 2.57. The number of aryl methyl sites for hydroxylation is 3. The summed E-state index contributed by atoms with van der Waals surface area (Å²) in [6.07, 6.45) is 0.414. The first kappa shape index (κ1) is 19.1. The van der Waals surface area contributed by atoms with Crippen LogP contribution in [0.15, 0.2) is 30.3 Å². The molecule has 0 aliphatic carbocycles. The molecule has 2 rings (SSSR count). The summed E-state index contributed by atoms with van der Waals surface area (Å²) in [4.78, 5) is 10.8. The fraction of sp³-hybridized carbons (Fsp3) is 0.350. The Balaban J connectivity index is 1.96. The quantitative estimate of drug-likeness (QED) is 0.689. The second-order valence-electron chi connectivity index (χ2n) is 6.00. The summed E-state index contributed by atoms with van der Waals surface area (Å²) in [6, 6.07) is 9.37. The lowest BCUT2D eigenvalue weighted by Crippen LogP contribution is -2.11. The number of carbonyl (C=O) groups is 1. The van der Waals surface area contributed by atoms with E-state index in [1.165, 1.54) is 5.56 Å². The van der Waals surface area contributed by atoms with Crippen LogP contribution in [0.5, 0.6) is 11.5 Å². The van der Waals surface area contributed by atoms with Gasteiger partial charge in [0.05, 0.1) is 0 Å². The van der Waals surface area contributed by atoms with Crippen LogP contribution in [0.4, 0.5) is 0 Å². The zero-order valence-corrected chi connectivity index (χ0v) is 15.5. The van der Waals surface area contributed by atoms with Gasteiger partial charge >= 0.3 is 5.97 Å². The fourth-order valence-corrected chi connectivity index (χ4v) is 2.76. The Morgan fingerprint density at radius 3 is 2.44 bits per heavy atom. The molecule has 0 aliphatic heterocycles. The largest absolute Gasteiger partial charge is 0.490 e. The van der Waals surface area contributed by atoms with Crippen LogP contribution in [-0.2, 0) is 11.2 Å². The SMILES string of the molecule is Cc1ccc(C)c(OCCOc2ccc(Cl)cc2CCC(=O)O)c1C. The average molecular weight is 363 g/mol. The predicted molar refractivity (Wildman–Crippen MR) is 99.1 cm³/mol. The summed E-state index contributed by atoms with van der Waals surface area (Å²) in [6.45, 7) is 6.90. The van der Waals surface area contributed by atoms with Gasteiger partial charge in [-0.25, -0.2) is 0 Å². The van der Waals surface area contributed by atoms with E-state index >= 15 is 0 Å². The van der Waals surface area contributed by atoms with Crippen LogP contribution in [0, 0.1) is 20.8 Å². The monoisotopic (exact) mass is 362 g/mol. The lowest BCUT2D eigenvalue weighted by atomic mass is 10.1. The van der Waals surface area contributed by atoms with Gasteiger partial charge in [-0.2, -0.15) is 0 Å². The number of hydrogen-bond acceptors (Lipinski definition) is 3. The maximum absolute atomic E-state index is 10.8. The van der Waals surface area contributed by atoms with Crippen molar-refractivity contribution in [1.29, 1.82) is 0 Å². The van der Waals surface area contributed by atoms with Crippen molar-refractivity contribution < 1.29 is 19.4 Å². The highest BCUT2D eigenvalue weighted by molar-refractivity contribution is 6.30. The van der Waals surface area contributed by atoms with Crippen LogP contribution in [0.1, 0.15) is 28.7 Å². The molecule has 0 heterocycles. The van der Waals surface area contributed by atoms with Gasteiger partial charge in [0.15, 0.2) is 0 Å². The Morgan fingerprint density at radius 1 is 1.04 bits per heavy atom. The lowest BCUT2D eigenvalue weighted by Gasteiger charge is -2.15. The third-order valence-electron chi connectivity index (χ3n) is 4.09. The summed E-state index contributed by atoms with van der Waals surface area (Å²) < 4.78 is 11.7. The van der Waals surface area contributed by atoms with Crippen molar-refractivity contribution in [1.82, 2.24) is 0 Å². The van der Waals surface area contributed by atoms with E-state index in [0.29, 0.717) is 30.4 Å². The van der Waals surface area contributed by atoms with Gasteiger partial charge < -0.3 is 14.6 Å². The molecule has 0 fully saturated rings. The second kappa shape index (κ2) is 8.77. The Morgan fingerprint density at radius 2 is 1.72 bits per heavy atom. The van der Waals surface area contributed by atoms with Gasteiger partial charge in [0.25, 0.3) is 0 Å². The third kappa shape index (κ3) is 5.40. The van der Waals surface area contributed by atoms with E-state index in [1.54, 1.807) is 18.2 Å². The van der Waals surface area contributed by atoms with E-state index in [-0.39, 0.29) is 6.42 Å². The lowest BCUT2D eigenvalue weighted by molar-refractivity contribution is -0.136. The Labute approximate surface area is 153 Å². The van der Waals surface area contributed by atoms with Crippen molar-refractivity contribution in [3.63, 3.8) is 0 Å². The number of carboxylic acids is 1. The molecule has 1 N–H and O–H groups in total. The highest BCUT2D eigenvalue weighted by Crippen LogP contribution is 2.26. The van der Waals surface area contributed by atoms with Crippen LogP contribution >= 0.6 is 11.6 Å². The first-order valence-corrected chi connectivity index (χ1v) is 8.59. The van der Waals surface area contributed by atoms with Crippen molar-refractivity contribution in [3.8, 4) is 11.5 Å². The molecule has 2 aromatic rings. The molecule has 0 aromatic heterocycles. The number of benzene rings is 2. The molecule has 0 amide bonds. The second-order valence-corrected chi connectivity index (χ2v) is 6.43. The molecule has 0 radical (unpaired) electrons. The van der Waals surface area contributed by atoms with Crippen molar-refractivity contribution in [3.05, 3.63) is 57.6 Å². The van der Waals surface area contributed by atoms with E-state index in [4.69, 9.17) is 26.2 Å². The number of aliphatic carboxylic acids is 1. The van der Waals surface area contributed by atoms with E-state index in [2.05, 4.69) is 13.0 Å². The molecule has 0 atom stereocenters. The van der Waals surface area contributed by atoms with Crippen molar-refractivity contribution in [2.24, 2.45) is 0 Å². The van der Waals surface area contributed by atoms with Crippen LogP contribution in [-0.4, -0.2) is 24.3 Å². The van der Waals surface area contributed by atoms with Gasteiger partial charge in [0, 0.05) is 11.4 Å². The maximum atomic E-state index is 10.8. The number of rotatable bonds is 8. The number of carboxylic acid groups (broad SMARTS) is 1. The Kier molecular flexibility index (Phi) is 6.71. The predicted octanol–water partition coefficient (Wildman–Crippen LogP) is 4.74. The molecule has 4 nitrogen and oxygen atoms in total. The van der Waals surface area contributed by atoms with Crippen LogP contribution in [0.2, 0.25) is 5.02 Å². The molecular formula is C20H23ClO4. The van der Waals surface area contributed by atoms with Crippen molar-refractivity contribution in [2.45, 2.75) is 33.6 Å². The molecule has 0 saturated heterocycles. The highest BCUT2D eigenvalue weighted by Gasteiger charge is 2.09. The molecule has 0 bridgehead atoms. The molecule has 0 aliphatic rings. The topological polar surface area (TPSA) is 55.8 Å². The van der Waals surface area contributed by atoms with E-state index in [1.807, 2.05) is 19.9 Å². The highest BCUT2D eigenvalue weighted by atomic mass is 35.5. The molecule has 0 unspecified atom stereocenters. The van der Waals surface area contributed by atoms with Gasteiger partial charge in [-0.1, -0.05) is 23.7 Å². The summed E-state index contributed by atoms with van der Waals surface area (Å²) in [5.74, 6) is 0.692. The van der Waals surface area contributed by atoms with Crippen LogP contribution in [0.25, 0.3) is 0 Å². The molecular weight excluding hydrogens is 340 g/mol. The molecule has 0 saturated carbocycles. The molecule has 2 aromatic carbocycles. The van der Waals surface area contributed by atoms with E-state index in [9.17, 15) is 4.79 Å². The third-order valence-corrected chi connectivity index (χ3v) is 4.33. The van der Waals surface area contributed by atoms with E-state index < -0.39 is 5.97 Å². The van der Waals surface area contributed by atoms with Gasteiger partial charge in [-0.15, -0.1) is 0 Å². The summed E-state index contributed by atoms with van der Waals surface area (Å²) in [7, 11) is 0. The Bertz CT molecular complexity index is 756. The van der Waals surface area contributed by atoms with Crippen molar-refractivity contribution in [2.75, 3.05) is 13.2 Å². The van der Waals surface area contributed by atoms with Gasteiger partial charge in [0.1, 0.15) is 24.7 Å². The Hall–Kier alpha value is -2.20.